The number of para-hydroxylation sites is 1. The lowest BCUT2D eigenvalue weighted by Crippen LogP contribution is -2.40. The number of benzene rings is 2. The Hall–Kier alpha value is -2.78. The predicted octanol–water partition coefficient (Wildman–Crippen LogP) is 4.11. The highest BCUT2D eigenvalue weighted by Crippen LogP contribution is 2.34. The summed E-state index contributed by atoms with van der Waals surface area (Å²) in [6, 6.07) is 8.63. The molecule has 0 bridgehead atoms. The number of alkyl halides is 2. The monoisotopic (exact) mass is 392 g/mol. The lowest BCUT2D eigenvalue weighted by molar-refractivity contribution is -0.904. The zero-order valence-corrected chi connectivity index (χ0v) is 14.9. The fraction of sp³-hybridized carbons (Fsp3) is 0.263. The van der Waals surface area contributed by atoms with E-state index in [1.54, 1.807) is 25.1 Å². The van der Waals surface area contributed by atoms with E-state index in [4.69, 9.17) is 0 Å². The van der Waals surface area contributed by atoms with Gasteiger partial charge in [0.25, 0.3) is 6.43 Å². The van der Waals surface area contributed by atoms with Gasteiger partial charge in [-0.3, -0.25) is 0 Å². The van der Waals surface area contributed by atoms with E-state index in [0.29, 0.717) is 28.1 Å². The largest absolute Gasteiger partial charge is 0.632 e. The summed E-state index contributed by atoms with van der Waals surface area (Å²) in [4.78, 5) is 0. The molecule has 3 aromatic rings. The van der Waals surface area contributed by atoms with E-state index >= 15 is 0 Å². The highest BCUT2D eigenvalue weighted by Gasteiger charge is 2.32. The van der Waals surface area contributed by atoms with Gasteiger partial charge in [-0.25, -0.2) is 22.2 Å². The molecule has 0 saturated carbocycles. The van der Waals surface area contributed by atoms with Crippen molar-refractivity contribution in [2.24, 2.45) is 0 Å². The molecule has 1 unspecified atom stereocenters. The first kappa shape index (κ1) is 18.6. The summed E-state index contributed by atoms with van der Waals surface area (Å²) >= 11 is 0. The molecular weight excluding hydrogens is 376 g/mol. The van der Waals surface area contributed by atoms with Crippen LogP contribution in [0.5, 0.6) is 0 Å². The molecule has 1 aliphatic rings. The van der Waals surface area contributed by atoms with Crippen molar-refractivity contribution in [1.82, 2.24) is 15.0 Å². The van der Waals surface area contributed by atoms with Crippen molar-refractivity contribution in [3.8, 4) is 16.9 Å². The van der Waals surface area contributed by atoms with E-state index in [1.165, 1.54) is 6.07 Å². The van der Waals surface area contributed by atoms with E-state index in [-0.39, 0.29) is 18.8 Å². The van der Waals surface area contributed by atoms with Crippen LogP contribution >= 0.6 is 0 Å². The van der Waals surface area contributed by atoms with Gasteiger partial charge < -0.3 is 9.85 Å². The van der Waals surface area contributed by atoms with E-state index in [0.717, 1.165) is 16.8 Å². The van der Waals surface area contributed by atoms with Crippen LogP contribution < -0.4 is 0 Å². The Morgan fingerprint density at radius 3 is 2.46 bits per heavy atom. The first-order chi connectivity index (χ1) is 13.3. The van der Waals surface area contributed by atoms with Gasteiger partial charge >= 0.3 is 0 Å². The summed E-state index contributed by atoms with van der Waals surface area (Å²) in [7, 11) is 0. The maximum atomic E-state index is 14.1. The highest BCUT2D eigenvalue weighted by atomic mass is 19.3. The second-order valence-corrected chi connectivity index (χ2v) is 6.94. The second kappa shape index (κ2) is 6.68. The van der Waals surface area contributed by atoms with Crippen molar-refractivity contribution in [2.45, 2.75) is 26.4 Å². The lowest BCUT2D eigenvalue weighted by Gasteiger charge is -2.37. The van der Waals surface area contributed by atoms with Gasteiger partial charge in [0.15, 0.2) is 11.6 Å². The Balaban J connectivity index is 1.70. The zero-order valence-electron chi connectivity index (χ0n) is 14.9. The van der Waals surface area contributed by atoms with Gasteiger partial charge in [-0.2, -0.15) is 0 Å². The molecule has 0 N–H and O–H groups in total. The Morgan fingerprint density at radius 1 is 1.11 bits per heavy atom. The average molecular weight is 392 g/mol. The predicted molar refractivity (Wildman–Crippen MR) is 93.4 cm³/mol. The molecule has 2 aromatic carbocycles. The first-order valence-electron chi connectivity index (χ1n) is 8.61. The fourth-order valence-corrected chi connectivity index (χ4v) is 3.63. The quantitative estimate of drug-likeness (QED) is 0.381. The van der Waals surface area contributed by atoms with Crippen LogP contribution in [0.25, 0.3) is 16.9 Å². The average Bonchev–Trinajstić information content (AvgIpc) is 3.13. The molecule has 4 rings (SSSR count). The van der Waals surface area contributed by atoms with Gasteiger partial charge in [0, 0.05) is 16.7 Å². The van der Waals surface area contributed by atoms with Crippen LogP contribution in [0.3, 0.4) is 0 Å². The lowest BCUT2D eigenvalue weighted by atomic mass is 10.0. The number of aromatic nitrogens is 3. The Morgan fingerprint density at radius 2 is 1.79 bits per heavy atom. The second-order valence-electron chi connectivity index (χ2n) is 6.94. The van der Waals surface area contributed by atoms with Gasteiger partial charge in [-0.05, 0) is 25.1 Å². The molecule has 5 nitrogen and oxygen atoms in total. The number of nitrogens with zero attached hydrogens (tertiary/aromatic N) is 4. The number of hydrogen-bond donors (Lipinski definition) is 0. The van der Waals surface area contributed by atoms with Crippen LogP contribution in [-0.4, -0.2) is 32.6 Å². The van der Waals surface area contributed by atoms with Gasteiger partial charge in [0.05, 0.1) is 5.69 Å². The maximum absolute atomic E-state index is 14.1. The summed E-state index contributed by atoms with van der Waals surface area (Å²) in [5, 5.41) is 20.4. The van der Waals surface area contributed by atoms with Crippen molar-refractivity contribution < 1.29 is 22.2 Å². The molecule has 0 saturated heterocycles. The number of rotatable bonds is 4. The molecule has 1 aliphatic heterocycles. The fourth-order valence-electron chi connectivity index (χ4n) is 3.63. The Bertz CT molecular complexity index is 1030. The smallest absolute Gasteiger partial charge is 0.286 e. The summed E-state index contributed by atoms with van der Waals surface area (Å²) in [6.45, 7) is 0.805. The minimum Gasteiger partial charge on any atom is -0.632 e. The first-order valence-corrected chi connectivity index (χ1v) is 8.61. The molecule has 28 heavy (non-hydrogen) atoms. The molecule has 0 spiro atoms. The van der Waals surface area contributed by atoms with Crippen LogP contribution in [0, 0.1) is 23.8 Å². The SMILES string of the molecule is Cc1c(-c2ccc3c(c2)C[N+]([O-])(CC(F)F)C3)nnn1-c1c(F)cccc1F. The molecule has 0 aliphatic carbocycles. The normalized spacial score (nSPS) is 18.7. The summed E-state index contributed by atoms with van der Waals surface area (Å²) in [6.07, 6.45) is -2.68. The number of fused-ring (bicyclic) bond motifs is 1. The van der Waals surface area contributed by atoms with Crippen molar-refractivity contribution in [1.29, 1.82) is 0 Å². The minimum atomic E-state index is -2.68. The Kier molecular flexibility index (Phi) is 4.43. The zero-order chi connectivity index (χ0) is 20.1. The standard InChI is InChI=1S/C19H16F4N4O/c1-11-18(24-25-26(11)19-15(20)3-2-4-16(19)21)12-5-6-13-8-27(28,10-17(22)23)9-14(13)7-12/h2-7,17H,8-10H2,1H3. The minimum absolute atomic E-state index is 0.00787. The summed E-state index contributed by atoms with van der Waals surface area (Å²) in [5.41, 5.74) is 2.47. The van der Waals surface area contributed by atoms with Crippen molar-refractivity contribution in [3.05, 3.63) is 70.1 Å². The third kappa shape index (κ3) is 3.16. The number of hydrogen-bond acceptors (Lipinski definition) is 3. The molecule has 2 heterocycles. The molecule has 146 valence electrons. The van der Waals surface area contributed by atoms with Crippen molar-refractivity contribution >= 4 is 0 Å². The van der Waals surface area contributed by atoms with Crippen LogP contribution in [0.4, 0.5) is 17.6 Å². The Labute approximate surface area is 158 Å². The number of halogens is 4. The third-order valence-electron chi connectivity index (χ3n) is 4.91. The molecule has 9 heteroatoms. The molecule has 1 aromatic heterocycles. The van der Waals surface area contributed by atoms with E-state index in [9.17, 15) is 22.8 Å². The van der Waals surface area contributed by atoms with E-state index < -0.39 is 29.3 Å². The maximum Gasteiger partial charge on any atom is 0.286 e. The molecular formula is C19H16F4N4O. The van der Waals surface area contributed by atoms with E-state index in [1.807, 2.05) is 0 Å². The summed E-state index contributed by atoms with van der Waals surface area (Å²) < 4.78 is 53.6. The van der Waals surface area contributed by atoms with Crippen molar-refractivity contribution in [3.63, 3.8) is 0 Å². The van der Waals surface area contributed by atoms with Gasteiger partial charge in [0.1, 0.15) is 31.0 Å². The highest BCUT2D eigenvalue weighted by molar-refractivity contribution is 5.64. The van der Waals surface area contributed by atoms with Gasteiger partial charge in [0.2, 0.25) is 0 Å². The van der Waals surface area contributed by atoms with E-state index in [2.05, 4.69) is 10.3 Å². The molecule has 1 atom stereocenters. The molecule has 0 radical (unpaired) electrons. The molecule has 0 amide bonds. The third-order valence-corrected chi connectivity index (χ3v) is 4.91. The summed E-state index contributed by atoms with van der Waals surface area (Å²) in [5.74, 6) is -1.54. The van der Waals surface area contributed by atoms with Crippen LogP contribution in [0.1, 0.15) is 16.8 Å². The van der Waals surface area contributed by atoms with Crippen LogP contribution in [0.2, 0.25) is 0 Å². The van der Waals surface area contributed by atoms with Crippen LogP contribution in [-0.2, 0) is 13.1 Å². The van der Waals surface area contributed by atoms with Crippen molar-refractivity contribution in [2.75, 3.05) is 6.54 Å². The number of hydroxylamine groups is 3. The van der Waals surface area contributed by atoms with Gasteiger partial charge in [-0.1, -0.05) is 23.4 Å². The number of quaternary nitrogens is 1. The topological polar surface area (TPSA) is 53.8 Å². The van der Waals surface area contributed by atoms with Gasteiger partial charge in [-0.15, -0.1) is 5.10 Å². The molecule has 0 fully saturated rings. The van der Waals surface area contributed by atoms with Crippen LogP contribution in [0.15, 0.2) is 36.4 Å².